The van der Waals surface area contributed by atoms with Crippen LogP contribution in [0.15, 0.2) is 52.4 Å². The smallest absolute Gasteiger partial charge is 0.187 e. The lowest BCUT2D eigenvalue weighted by molar-refractivity contribution is 1.17. The van der Waals surface area contributed by atoms with E-state index in [9.17, 15) is 0 Å². The van der Waals surface area contributed by atoms with Crippen molar-refractivity contribution in [1.29, 1.82) is 0 Å². The van der Waals surface area contributed by atoms with Crippen LogP contribution in [0.4, 0.5) is 10.8 Å². The van der Waals surface area contributed by atoms with E-state index in [1.165, 1.54) is 5.56 Å². The predicted octanol–water partition coefficient (Wildman–Crippen LogP) is 5.58. The molecule has 0 saturated carbocycles. The molecule has 24 heavy (non-hydrogen) atoms. The standard InChI is InChI=1S/C18H15BrN4S/c1-11-5-7-13(8-6-11)21-18-22-15(10-24-18)16-12(2)20-17-14(19)4-3-9-23(16)17/h3-10H,1-2H3,(H,21,22). The van der Waals surface area contributed by atoms with Gasteiger partial charge in [-0.25, -0.2) is 9.97 Å². The van der Waals surface area contributed by atoms with E-state index < -0.39 is 0 Å². The Morgan fingerprint density at radius 1 is 1.08 bits per heavy atom. The summed E-state index contributed by atoms with van der Waals surface area (Å²) in [6.07, 6.45) is 2.02. The summed E-state index contributed by atoms with van der Waals surface area (Å²) in [6, 6.07) is 12.3. The molecule has 0 radical (unpaired) electrons. The first-order chi connectivity index (χ1) is 11.6. The van der Waals surface area contributed by atoms with Gasteiger partial charge in [-0.3, -0.25) is 4.40 Å². The van der Waals surface area contributed by atoms with Crippen LogP contribution in [0.3, 0.4) is 0 Å². The largest absolute Gasteiger partial charge is 0.332 e. The number of aromatic nitrogens is 3. The third-order valence-corrected chi connectivity index (χ3v) is 5.20. The van der Waals surface area contributed by atoms with Gasteiger partial charge in [-0.15, -0.1) is 11.3 Å². The quantitative estimate of drug-likeness (QED) is 0.489. The molecule has 0 unspecified atom stereocenters. The van der Waals surface area contributed by atoms with E-state index in [4.69, 9.17) is 4.98 Å². The number of nitrogens with zero attached hydrogens (tertiary/aromatic N) is 3. The van der Waals surface area contributed by atoms with Crippen LogP contribution in [0.5, 0.6) is 0 Å². The van der Waals surface area contributed by atoms with Crippen LogP contribution < -0.4 is 5.32 Å². The molecule has 0 fully saturated rings. The van der Waals surface area contributed by atoms with Crippen molar-refractivity contribution < 1.29 is 0 Å². The predicted molar refractivity (Wildman–Crippen MR) is 103 cm³/mol. The lowest BCUT2D eigenvalue weighted by Gasteiger charge is -2.03. The molecular weight excluding hydrogens is 384 g/mol. The highest BCUT2D eigenvalue weighted by atomic mass is 79.9. The average molecular weight is 399 g/mol. The number of halogens is 1. The molecule has 120 valence electrons. The zero-order valence-electron chi connectivity index (χ0n) is 13.2. The van der Waals surface area contributed by atoms with Gasteiger partial charge in [0.15, 0.2) is 10.8 Å². The summed E-state index contributed by atoms with van der Waals surface area (Å²) in [5.74, 6) is 0. The van der Waals surface area contributed by atoms with E-state index in [-0.39, 0.29) is 0 Å². The molecule has 0 aliphatic heterocycles. The fourth-order valence-electron chi connectivity index (χ4n) is 2.66. The molecule has 4 rings (SSSR count). The molecule has 0 aliphatic rings. The molecule has 0 aliphatic carbocycles. The second-order valence-electron chi connectivity index (χ2n) is 5.62. The van der Waals surface area contributed by atoms with Crippen molar-refractivity contribution in [1.82, 2.24) is 14.4 Å². The molecule has 3 heterocycles. The molecule has 3 aromatic heterocycles. The lowest BCUT2D eigenvalue weighted by Crippen LogP contribution is -1.92. The van der Waals surface area contributed by atoms with Gasteiger partial charge in [-0.1, -0.05) is 17.7 Å². The van der Waals surface area contributed by atoms with Crippen molar-refractivity contribution in [3.63, 3.8) is 0 Å². The normalized spacial score (nSPS) is 11.1. The van der Waals surface area contributed by atoms with E-state index in [0.29, 0.717) is 0 Å². The molecule has 1 aromatic carbocycles. The summed E-state index contributed by atoms with van der Waals surface area (Å²) < 4.78 is 3.05. The zero-order valence-corrected chi connectivity index (χ0v) is 15.6. The van der Waals surface area contributed by atoms with Gasteiger partial charge in [0.2, 0.25) is 0 Å². The van der Waals surface area contributed by atoms with Crippen molar-refractivity contribution in [2.75, 3.05) is 5.32 Å². The van der Waals surface area contributed by atoms with Gasteiger partial charge in [0.25, 0.3) is 0 Å². The van der Waals surface area contributed by atoms with E-state index >= 15 is 0 Å². The number of rotatable bonds is 3. The van der Waals surface area contributed by atoms with Crippen molar-refractivity contribution in [2.24, 2.45) is 0 Å². The number of pyridine rings is 1. The van der Waals surface area contributed by atoms with Gasteiger partial charge in [-0.05, 0) is 54.0 Å². The van der Waals surface area contributed by atoms with Gasteiger partial charge in [0, 0.05) is 17.3 Å². The first kappa shape index (κ1) is 15.4. The number of hydrogen-bond donors (Lipinski definition) is 1. The van der Waals surface area contributed by atoms with Crippen molar-refractivity contribution in [3.8, 4) is 11.4 Å². The van der Waals surface area contributed by atoms with Crippen molar-refractivity contribution >= 4 is 43.7 Å². The van der Waals surface area contributed by atoms with E-state index in [2.05, 4.69) is 67.2 Å². The van der Waals surface area contributed by atoms with E-state index in [1.807, 2.05) is 25.3 Å². The highest BCUT2D eigenvalue weighted by Crippen LogP contribution is 2.31. The summed E-state index contributed by atoms with van der Waals surface area (Å²) in [7, 11) is 0. The van der Waals surface area contributed by atoms with Gasteiger partial charge >= 0.3 is 0 Å². The number of benzene rings is 1. The number of thiazole rings is 1. The van der Waals surface area contributed by atoms with Crippen LogP contribution in [0, 0.1) is 13.8 Å². The fourth-order valence-corrected chi connectivity index (χ4v) is 3.80. The van der Waals surface area contributed by atoms with Gasteiger partial charge in [-0.2, -0.15) is 0 Å². The number of fused-ring (bicyclic) bond motifs is 1. The van der Waals surface area contributed by atoms with Crippen LogP contribution >= 0.6 is 27.3 Å². The van der Waals surface area contributed by atoms with Gasteiger partial charge in [0.1, 0.15) is 5.69 Å². The zero-order chi connectivity index (χ0) is 16.7. The summed E-state index contributed by atoms with van der Waals surface area (Å²) in [6.45, 7) is 4.10. The molecule has 0 bridgehead atoms. The number of imidazole rings is 1. The maximum Gasteiger partial charge on any atom is 0.187 e. The molecule has 0 amide bonds. The van der Waals surface area contributed by atoms with Gasteiger partial charge in [0.05, 0.1) is 15.9 Å². The number of anilines is 2. The maximum atomic E-state index is 4.74. The Balaban J connectivity index is 1.71. The molecular formula is C18H15BrN4S. The Morgan fingerprint density at radius 2 is 1.88 bits per heavy atom. The highest BCUT2D eigenvalue weighted by Gasteiger charge is 2.15. The molecule has 0 atom stereocenters. The summed E-state index contributed by atoms with van der Waals surface area (Å²) >= 11 is 5.15. The summed E-state index contributed by atoms with van der Waals surface area (Å²) in [5, 5.41) is 6.30. The second kappa shape index (κ2) is 6.03. The van der Waals surface area contributed by atoms with Crippen molar-refractivity contribution in [3.05, 3.63) is 63.7 Å². The average Bonchev–Trinajstić information content (AvgIpc) is 3.14. The van der Waals surface area contributed by atoms with E-state index in [0.717, 1.165) is 38.0 Å². The Labute approximate surface area is 152 Å². The molecule has 4 nitrogen and oxygen atoms in total. The molecule has 0 spiro atoms. The Bertz CT molecular complexity index is 1020. The highest BCUT2D eigenvalue weighted by molar-refractivity contribution is 9.10. The third-order valence-electron chi connectivity index (χ3n) is 3.83. The minimum absolute atomic E-state index is 0.873. The monoisotopic (exact) mass is 398 g/mol. The van der Waals surface area contributed by atoms with Crippen LogP contribution in [0.2, 0.25) is 0 Å². The van der Waals surface area contributed by atoms with E-state index in [1.54, 1.807) is 11.3 Å². The number of aryl methyl sites for hydroxylation is 2. The Kier molecular flexibility index (Phi) is 3.86. The molecule has 4 aromatic rings. The molecule has 6 heteroatoms. The minimum atomic E-state index is 0.873. The maximum absolute atomic E-state index is 4.74. The topological polar surface area (TPSA) is 42.2 Å². The first-order valence-electron chi connectivity index (χ1n) is 7.54. The second-order valence-corrected chi connectivity index (χ2v) is 7.34. The first-order valence-corrected chi connectivity index (χ1v) is 9.22. The summed E-state index contributed by atoms with van der Waals surface area (Å²) in [5.41, 5.74) is 6.11. The van der Waals surface area contributed by atoms with Gasteiger partial charge < -0.3 is 5.32 Å². The minimum Gasteiger partial charge on any atom is -0.332 e. The lowest BCUT2D eigenvalue weighted by atomic mass is 10.2. The number of nitrogens with one attached hydrogen (secondary N) is 1. The van der Waals surface area contributed by atoms with Crippen LogP contribution in [0.1, 0.15) is 11.3 Å². The third kappa shape index (κ3) is 2.72. The van der Waals surface area contributed by atoms with Crippen molar-refractivity contribution in [2.45, 2.75) is 13.8 Å². The number of hydrogen-bond acceptors (Lipinski definition) is 4. The SMILES string of the molecule is Cc1ccc(Nc2nc(-c3c(C)nc4c(Br)cccn34)cs2)cc1. The summed E-state index contributed by atoms with van der Waals surface area (Å²) in [4.78, 5) is 9.39. The Morgan fingerprint density at radius 3 is 2.67 bits per heavy atom. The Hall–Kier alpha value is -2.18. The molecule has 1 N–H and O–H groups in total. The van der Waals surface area contributed by atoms with Crippen LogP contribution in [0.25, 0.3) is 17.0 Å². The van der Waals surface area contributed by atoms with Crippen LogP contribution in [-0.4, -0.2) is 14.4 Å². The fraction of sp³-hybridized carbons (Fsp3) is 0.111. The van der Waals surface area contributed by atoms with Crippen LogP contribution in [-0.2, 0) is 0 Å². The molecule has 0 saturated heterocycles.